The molecular formula is C24H30O4. The lowest BCUT2D eigenvalue weighted by Crippen LogP contribution is -2.53. The third-order valence-corrected chi connectivity index (χ3v) is 8.04. The molecule has 28 heavy (non-hydrogen) atoms. The molecule has 0 spiro atoms. The second-order valence-corrected chi connectivity index (χ2v) is 9.28. The fraction of sp³-hybridized carbons (Fsp3) is 0.667. The van der Waals surface area contributed by atoms with Crippen LogP contribution < -0.4 is 0 Å². The van der Waals surface area contributed by atoms with Crippen LogP contribution in [0.15, 0.2) is 23.5 Å². The minimum Gasteiger partial charge on any atom is -0.445 e. The minimum atomic E-state index is -0.757. The lowest BCUT2D eigenvalue weighted by atomic mass is 9.51. The van der Waals surface area contributed by atoms with Crippen LogP contribution in [0.4, 0.5) is 0 Å². The van der Waals surface area contributed by atoms with Crippen LogP contribution in [0, 0.1) is 41.4 Å². The summed E-state index contributed by atoms with van der Waals surface area (Å²) in [6, 6.07) is 0. The lowest BCUT2D eigenvalue weighted by Gasteiger charge is -2.54. The average molecular weight is 383 g/mol. The molecule has 0 unspecified atom stereocenters. The molecule has 0 aromatic heterocycles. The molecule has 4 nitrogen and oxygen atoms in total. The Labute approximate surface area is 167 Å². The van der Waals surface area contributed by atoms with E-state index in [2.05, 4.69) is 25.0 Å². The van der Waals surface area contributed by atoms with Crippen LogP contribution in [0.1, 0.15) is 65.7 Å². The molecule has 0 aromatic carbocycles. The number of rotatable bonds is 2. The van der Waals surface area contributed by atoms with Gasteiger partial charge in [0.2, 0.25) is 0 Å². The molecule has 0 saturated heterocycles. The Balaban J connectivity index is 1.61. The van der Waals surface area contributed by atoms with Crippen LogP contribution in [0.25, 0.3) is 0 Å². The fourth-order valence-corrected chi connectivity index (χ4v) is 6.87. The van der Waals surface area contributed by atoms with Crippen LogP contribution in [-0.4, -0.2) is 17.5 Å². The summed E-state index contributed by atoms with van der Waals surface area (Å²) >= 11 is 0. The van der Waals surface area contributed by atoms with E-state index in [4.69, 9.17) is 15.9 Å². The predicted octanol–water partition coefficient (Wildman–Crippen LogP) is 4.55. The Morgan fingerprint density at radius 3 is 2.61 bits per heavy atom. The van der Waals surface area contributed by atoms with Crippen molar-refractivity contribution in [2.24, 2.45) is 29.1 Å². The maximum atomic E-state index is 11.8. The lowest BCUT2D eigenvalue weighted by molar-refractivity contribution is -0.167. The Bertz CT molecular complexity index is 800. The highest BCUT2D eigenvalue weighted by atomic mass is 16.6. The molecule has 0 aliphatic heterocycles. The molecule has 0 heterocycles. The molecule has 6 atom stereocenters. The molecule has 0 N–H and O–H groups in total. The summed E-state index contributed by atoms with van der Waals surface area (Å²) in [6.07, 6.45) is 17.2. The second kappa shape index (κ2) is 6.79. The maximum absolute atomic E-state index is 11.8. The van der Waals surface area contributed by atoms with Gasteiger partial charge in [-0.05, 0) is 73.8 Å². The van der Waals surface area contributed by atoms with Gasteiger partial charge in [-0.1, -0.05) is 18.9 Å². The monoisotopic (exact) mass is 382 g/mol. The van der Waals surface area contributed by atoms with E-state index < -0.39 is 5.60 Å². The van der Waals surface area contributed by atoms with Gasteiger partial charge in [0, 0.05) is 25.7 Å². The number of terminal acetylenes is 1. The molecule has 0 bridgehead atoms. The molecule has 2 saturated carbocycles. The Morgan fingerprint density at radius 2 is 1.93 bits per heavy atom. The van der Waals surface area contributed by atoms with Gasteiger partial charge in [0.1, 0.15) is 5.76 Å². The number of fused-ring (bicyclic) bond motifs is 5. The quantitative estimate of drug-likeness (QED) is 0.519. The first-order valence-electron chi connectivity index (χ1n) is 10.6. The Hall–Kier alpha value is -2.02. The summed E-state index contributed by atoms with van der Waals surface area (Å²) in [5, 5.41) is 0. The van der Waals surface area contributed by atoms with Crippen LogP contribution in [-0.2, 0) is 19.1 Å². The van der Waals surface area contributed by atoms with E-state index >= 15 is 0 Å². The van der Waals surface area contributed by atoms with Gasteiger partial charge in [-0.2, -0.15) is 0 Å². The number of hydrogen-bond donors (Lipinski definition) is 0. The highest BCUT2D eigenvalue weighted by Crippen LogP contribution is 2.65. The average Bonchev–Trinajstić information content (AvgIpc) is 2.93. The summed E-state index contributed by atoms with van der Waals surface area (Å²) in [4.78, 5) is 23.1. The van der Waals surface area contributed by atoms with Crippen molar-refractivity contribution in [2.75, 3.05) is 0 Å². The topological polar surface area (TPSA) is 52.6 Å². The maximum Gasteiger partial charge on any atom is 0.307 e. The molecule has 4 aliphatic rings. The van der Waals surface area contributed by atoms with Crippen molar-refractivity contribution in [1.82, 2.24) is 0 Å². The fourth-order valence-electron chi connectivity index (χ4n) is 6.87. The van der Waals surface area contributed by atoms with Crippen molar-refractivity contribution in [3.8, 4) is 12.3 Å². The van der Waals surface area contributed by atoms with Crippen LogP contribution in [0.3, 0.4) is 0 Å². The number of esters is 2. The van der Waals surface area contributed by atoms with Crippen molar-refractivity contribution in [1.29, 1.82) is 0 Å². The number of ether oxygens (including phenoxy) is 2. The van der Waals surface area contributed by atoms with Crippen molar-refractivity contribution < 1.29 is 19.1 Å². The SMILES string of the molecule is C#C[C@@]1(OC(C)=O)CC[C@@H]2[C@@H]3CC=C4C=C(OC(C)=O)CC[C@@H]4[C@H]3CC[C@@]21C. The van der Waals surface area contributed by atoms with Gasteiger partial charge in [0.15, 0.2) is 5.60 Å². The smallest absolute Gasteiger partial charge is 0.307 e. The number of hydrogen-bond acceptors (Lipinski definition) is 4. The first-order valence-corrected chi connectivity index (χ1v) is 10.6. The first kappa shape index (κ1) is 19.3. The molecule has 2 fully saturated rings. The van der Waals surface area contributed by atoms with E-state index in [0.29, 0.717) is 23.7 Å². The standard InChI is InChI=1S/C24H30O4/c1-5-24(28-16(3)26)13-11-22-21-8-6-17-14-18(27-15(2)25)7-9-19(17)20(21)10-12-23(22,24)4/h1,6,14,19-22H,7-13H2,2-4H3/t19-,20+,21+,22+,23-,24+/m0/s1. The third kappa shape index (κ3) is 2.82. The van der Waals surface area contributed by atoms with E-state index in [1.807, 2.05) is 0 Å². The molecule has 150 valence electrons. The molecule has 0 aromatic rings. The highest BCUT2D eigenvalue weighted by Gasteiger charge is 2.64. The van der Waals surface area contributed by atoms with E-state index in [1.54, 1.807) is 0 Å². The third-order valence-electron chi connectivity index (χ3n) is 8.04. The van der Waals surface area contributed by atoms with Gasteiger partial charge in [0.25, 0.3) is 0 Å². The minimum absolute atomic E-state index is 0.145. The normalized spacial score (nSPS) is 41.4. The largest absolute Gasteiger partial charge is 0.445 e. The van der Waals surface area contributed by atoms with Gasteiger partial charge in [-0.3, -0.25) is 9.59 Å². The van der Waals surface area contributed by atoms with Gasteiger partial charge >= 0.3 is 11.9 Å². The summed E-state index contributed by atoms with van der Waals surface area (Å²) in [7, 11) is 0. The van der Waals surface area contributed by atoms with Crippen molar-refractivity contribution in [3.05, 3.63) is 23.5 Å². The van der Waals surface area contributed by atoms with Crippen molar-refractivity contribution in [2.45, 2.75) is 71.3 Å². The van der Waals surface area contributed by atoms with Crippen LogP contribution >= 0.6 is 0 Å². The number of carbonyl (C=O) groups is 2. The molecule has 4 heteroatoms. The number of carbonyl (C=O) groups excluding carboxylic acids is 2. The van der Waals surface area contributed by atoms with Gasteiger partial charge < -0.3 is 9.47 Å². The molecular weight excluding hydrogens is 352 g/mol. The van der Waals surface area contributed by atoms with Crippen molar-refractivity contribution in [3.63, 3.8) is 0 Å². The van der Waals surface area contributed by atoms with E-state index in [1.165, 1.54) is 19.4 Å². The van der Waals surface area contributed by atoms with Gasteiger partial charge in [-0.25, -0.2) is 0 Å². The highest BCUT2D eigenvalue weighted by molar-refractivity contribution is 5.68. The zero-order chi connectivity index (χ0) is 20.1. The van der Waals surface area contributed by atoms with Gasteiger partial charge in [0.05, 0.1) is 0 Å². The second-order valence-electron chi connectivity index (χ2n) is 9.28. The number of allylic oxidation sites excluding steroid dienone is 4. The van der Waals surface area contributed by atoms with E-state index in [9.17, 15) is 9.59 Å². The zero-order valence-corrected chi connectivity index (χ0v) is 17.1. The summed E-state index contributed by atoms with van der Waals surface area (Å²) in [5.74, 6) is 5.44. The van der Waals surface area contributed by atoms with E-state index in [-0.39, 0.29) is 17.4 Å². The molecule has 4 aliphatic carbocycles. The van der Waals surface area contributed by atoms with Gasteiger partial charge in [-0.15, -0.1) is 6.42 Å². The van der Waals surface area contributed by atoms with Crippen LogP contribution in [0.2, 0.25) is 0 Å². The van der Waals surface area contributed by atoms with Crippen LogP contribution in [0.5, 0.6) is 0 Å². The summed E-state index contributed by atoms with van der Waals surface area (Å²) in [5.41, 5.74) is 0.439. The Kier molecular flexibility index (Phi) is 4.68. The first-order chi connectivity index (χ1) is 13.3. The summed E-state index contributed by atoms with van der Waals surface area (Å²) < 4.78 is 11.2. The predicted molar refractivity (Wildman–Crippen MR) is 106 cm³/mol. The molecule has 0 radical (unpaired) electrons. The Morgan fingerprint density at radius 1 is 1.14 bits per heavy atom. The zero-order valence-electron chi connectivity index (χ0n) is 17.1. The summed E-state index contributed by atoms with van der Waals surface area (Å²) in [6.45, 7) is 5.18. The van der Waals surface area contributed by atoms with E-state index in [0.717, 1.165) is 50.7 Å². The molecule has 0 amide bonds. The molecule has 4 rings (SSSR count). The van der Waals surface area contributed by atoms with Crippen molar-refractivity contribution >= 4 is 11.9 Å².